The van der Waals surface area contributed by atoms with E-state index in [2.05, 4.69) is 4.74 Å². The first-order chi connectivity index (χ1) is 8.11. The lowest BCUT2D eigenvalue weighted by Crippen LogP contribution is -2.27. The van der Waals surface area contributed by atoms with Gasteiger partial charge in [-0.15, -0.1) is 0 Å². The zero-order valence-corrected chi connectivity index (χ0v) is 10.3. The van der Waals surface area contributed by atoms with Crippen molar-refractivity contribution in [1.29, 1.82) is 0 Å². The molecule has 0 aromatic heterocycles. The van der Waals surface area contributed by atoms with Gasteiger partial charge in [0.1, 0.15) is 0 Å². The van der Waals surface area contributed by atoms with E-state index >= 15 is 0 Å². The standard InChI is InChI=1S/C10H18O6S/c11-3-1-5-15-9(17)7-8(13)10(14)16-6-2-4-12/h8,11-13H,1-7H2. The minimum Gasteiger partial charge on any atom is -0.487 e. The van der Waals surface area contributed by atoms with Gasteiger partial charge in [0.25, 0.3) is 0 Å². The number of carbonyl (C=O) groups is 1. The Morgan fingerprint density at radius 3 is 2.18 bits per heavy atom. The number of aliphatic hydroxyl groups excluding tert-OH is 3. The highest BCUT2D eigenvalue weighted by Gasteiger charge is 2.19. The third kappa shape index (κ3) is 8.99. The molecule has 0 aliphatic rings. The molecule has 1 unspecified atom stereocenters. The van der Waals surface area contributed by atoms with Gasteiger partial charge in [-0.3, -0.25) is 0 Å². The summed E-state index contributed by atoms with van der Waals surface area (Å²) < 4.78 is 9.66. The molecule has 0 amide bonds. The van der Waals surface area contributed by atoms with Crippen LogP contribution in [0.3, 0.4) is 0 Å². The predicted octanol–water partition coefficient (Wildman–Crippen LogP) is -0.611. The van der Waals surface area contributed by atoms with Crippen LogP contribution in [0.1, 0.15) is 19.3 Å². The Morgan fingerprint density at radius 1 is 1.12 bits per heavy atom. The molecule has 0 bridgehead atoms. The second kappa shape index (κ2) is 10.4. The van der Waals surface area contributed by atoms with Crippen molar-refractivity contribution in [3.63, 3.8) is 0 Å². The van der Waals surface area contributed by atoms with Crippen LogP contribution < -0.4 is 0 Å². The van der Waals surface area contributed by atoms with E-state index in [1.807, 2.05) is 0 Å². The normalized spacial score (nSPS) is 11.9. The lowest BCUT2D eigenvalue weighted by atomic mass is 10.2. The van der Waals surface area contributed by atoms with Gasteiger partial charge < -0.3 is 24.8 Å². The Hall–Kier alpha value is -0.760. The van der Waals surface area contributed by atoms with E-state index in [0.29, 0.717) is 12.8 Å². The summed E-state index contributed by atoms with van der Waals surface area (Å²) in [7, 11) is 0. The number of carbonyl (C=O) groups excluding carboxylic acids is 1. The number of ether oxygens (including phenoxy) is 2. The lowest BCUT2D eigenvalue weighted by molar-refractivity contribution is -0.153. The molecular formula is C10H18O6S. The van der Waals surface area contributed by atoms with E-state index in [-0.39, 0.29) is 37.9 Å². The van der Waals surface area contributed by atoms with Gasteiger partial charge in [-0.25, -0.2) is 4.79 Å². The van der Waals surface area contributed by atoms with E-state index in [4.69, 9.17) is 27.2 Å². The summed E-state index contributed by atoms with van der Waals surface area (Å²) in [6.45, 7) is 0.229. The van der Waals surface area contributed by atoms with Crippen LogP contribution >= 0.6 is 12.2 Å². The van der Waals surface area contributed by atoms with Gasteiger partial charge in [0.05, 0.1) is 19.6 Å². The molecule has 0 rings (SSSR count). The van der Waals surface area contributed by atoms with Gasteiger partial charge in [-0.05, 0) is 12.2 Å². The monoisotopic (exact) mass is 266 g/mol. The zero-order valence-electron chi connectivity index (χ0n) is 9.50. The number of thiocarbonyl (C=S) groups is 1. The quantitative estimate of drug-likeness (QED) is 0.291. The smallest absolute Gasteiger partial charge is 0.335 e. The molecule has 0 aromatic rings. The Morgan fingerprint density at radius 2 is 1.65 bits per heavy atom. The van der Waals surface area contributed by atoms with Crippen molar-refractivity contribution in [3.8, 4) is 0 Å². The number of esters is 1. The summed E-state index contributed by atoms with van der Waals surface area (Å²) in [6.07, 6.45) is -0.693. The van der Waals surface area contributed by atoms with E-state index in [0.717, 1.165) is 0 Å². The number of rotatable bonds is 9. The van der Waals surface area contributed by atoms with Crippen molar-refractivity contribution >= 4 is 23.2 Å². The Balaban J connectivity index is 3.71. The molecule has 1 atom stereocenters. The van der Waals surface area contributed by atoms with Crippen molar-refractivity contribution in [1.82, 2.24) is 0 Å². The second-order valence-corrected chi connectivity index (χ2v) is 3.72. The summed E-state index contributed by atoms with van der Waals surface area (Å²) >= 11 is 4.79. The Labute approximate surface area is 105 Å². The van der Waals surface area contributed by atoms with Gasteiger partial charge in [0.2, 0.25) is 0 Å². The third-order valence-corrected chi connectivity index (χ3v) is 2.03. The summed E-state index contributed by atoms with van der Waals surface area (Å²) in [5, 5.41) is 26.5. The largest absolute Gasteiger partial charge is 0.487 e. The maximum absolute atomic E-state index is 11.2. The fourth-order valence-electron chi connectivity index (χ4n) is 0.884. The van der Waals surface area contributed by atoms with Gasteiger partial charge in [0, 0.05) is 26.1 Å². The van der Waals surface area contributed by atoms with Crippen molar-refractivity contribution in [2.75, 3.05) is 26.4 Å². The fraction of sp³-hybridized carbons (Fsp3) is 0.800. The van der Waals surface area contributed by atoms with Crippen LogP contribution in [0.4, 0.5) is 0 Å². The SMILES string of the molecule is O=C(OCCCO)C(O)CC(=S)OCCCO. The highest BCUT2D eigenvalue weighted by Crippen LogP contribution is 2.01. The van der Waals surface area contributed by atoms with Crippen LogP contribution in [0, 0.1) is 0 Å². The molecule has 0 aliphatic carbocycles. The maximum atomic E-state index is 11.2. The van der Waals surface area contributed by atoms with E-state index in [1.165, 1.54) is 0 Å². The molecular weight excluding hydrogens is 248 g/mol. The molecule has 100 valence electrons. The van der Waals surface area contributed by atoms with Crippen LogP contribution in [-0.4, -0.2) is 58.9 Å². The van der Waals surface area contributed by atoms with Crippen LogP contribution in [0.2, 0.25) is 0 Å². The highest BCUT2D eigenvalue weighted by atomic mass is 32.1. The molecule has 0 saturated heterocycles. The number of aliphatic hydroxyl groups is 3. The summed E-state index contributed by atoms with van der Waals surface area (Å²) in [5.41, 5.74) is 0. The van der Waals surface area contributed by atoms with Gasteiger partial charge in [-0.1, -0.05) is 0 Å². The summed E-state index contributed by atoms with van der Waals surface area (Å²) in [6, 6.07) is 0. The minimum absolute atomic E-state index is 0.00559. The zero-order chi connectivity index (χ0) is 13.1. The van der Waals surface area contributed by atoms with E-state index in [1.54, 1.807) is 0 Å². The molecule has 6 nitrogen and oxygen atoms in total. The number of hydrogen-bond acceptors (Lipinski definition) is 7. The van der Waals surface area contributed by atoms with Crippen molar-refractivity contribution in [2.24, 2.45) is 0 Å². The van der Waals surface area contributed by atoms with E-state index < -0.39 is 12.1 Å². The molecule has 3 N–H and O–H groups in total. The predicted molar refractivity (Wildman–Crippen MR) is 63.5 cm³/mol. The van der Waals surface area contributed by atoms with Gasteiger partial charge >= 0.3 is 5.97 Å². The van der Waals surface area contributed by atoms with Gasteiger partial charge in [-0.2, -0.15) is 0 Å². The maximum Gasteiger partial charge on any atom is 0.335 e. The molecule has 0 radical (unpaired) electrons. The first kappa shape index (κ1) is 16.2. The van der Waals surface area contributed by atoms with Crippen LogP contribution in [-0.2, 0) is 14.3 Å². The highest BCUT2D eigenvalue weighted by molar-refractivity contribution is 7.80. The van der Waals surface area contributed by atoms with Gasteiger partial charge in [0.15, 0.2) is 11.2 Å². The molecule has 17 heavy (non-hydrogen) atoms. The topological polar surface area (TPSA) is 96.2 Å². The van der Waals surface area contributed by atoms with Crippen molar-refractivity contribution in [3.05, 3.63) is 0 Å². The average molecular weight is 266 g/mol. The van der Waals surface area contributed by atoms with Crippen LogP contribution in [0.25, 0.3) is 0 Å². The number of hydrogen-bond donors (Lipinski definition) is 3. The van der Waals surface area contributed by atoms with E-state index in [9.17, 15) is 9.90 Å². The molecule has 0 spiro atoms. The molecule has 0 heterocycles. The summed E-state index contributed by atoms with van der Waals surface area (Å²) in [4.78, 5) is 11.2. The molecule has 0 aromatic carbocycles. The molecule has 0 fully saturated rings. The van der Waals surface area contributed by atoms with Crippen LogP contribution in [0.15, 0.2) is 0 Å². The minimum atomic E-state index is -1.35. The fourth-order valence-corrected chi connectivity index (χ4v) is 1.13. The average Bonchev–Trinajstić information content (AvgIpc) is 2.29. The first-order valence-electron chi connectivity index (χ1n) is 5.33. The molecule has 0 saturated carbocycles. The first-order valence-corrected chi connectivity index (χ1v) is 5.74. The lowest BCUT2D eigenvalue weighted by Gasteiger charge is -2.11. The Bertz CT molecular complexity index is 233. The van der Waals surface area contributed by atoms with Crippen LogP contribution in [0.5, 0.6) is 0 Å². The second-order valence-electron chi connectivity index (χ2n) is 3.26. The van der Waals surface area contributed by atoms with Crippen molar-refractivity contribution < 1.29 is 29.6 Å². The Kier molecular flexibility index (Phi) is 9.93. The molecule has 7 heteroatoms. The summed E-state index contributed by atoms with van der Waals surface area (Å²) in [5.74, 6) is -0.786. The molecule has 0 aliphatic heterocycles. The van der Waals surface area contributed by atoms with Crippen molar-refractivity contribution in [2.45, 2.75) is 25.4 Å². The third-order valence-electron chi connectivity index (χ3n) is 1.74.